The zero-order valence-corrected chi connectivity index (χ0v) is 12.3. The van der Waals surface area contributed by atoms with E-state index in [0.29, 0.717) is 23.2 Å². The molecule has 6 nitrogen and oxygen atoms in total. The fourth-order valence-electron chi connectivity index (χ4n) is 2.00. The van der Waals surface area contributed by atoms with Gasteiger partial charge in [0.15, 0.2) is 0 Å². The highest BCUT2D eigenvalue weighted by molar-refractivity contribution is 5.65. The Hall–Kier alpha value is -1.95. The first-order chi connectivity index (χ1) is 9.25. The summed E-state index contributed by atoms with van der Waals surface area (Å²) in [6.07, 6.45) is 0. The number of nitro benzene ring substituents is 1. The van der Waals surface area contributed by atoms with Crippen molar-refractivity contribution in [2.24, 2.45) is 0 Å². The maximum atomic E-state index is 11.1. The number of esters is 1. The summed E-state index contributed by atoms with van der Waals surface area (Å²) < 4.78 is 5.45. The normalized spacial score (nSPS) is 12.8. The van der Waals surface area contributed by atoms with E-state index in [1.54, 1.807) is 18.2 Å². The summed E-state index contributed by atoms with van der Waals surface area (Å²) in [6, 6.07) is 6.66. The molecule has 1 aromatic rings. The third-order valence-electron chi connectivity index (χ3n) is 3.60. The molecule has 0 aliphatic carbocycles. The van der Waals surface area contributed by atoms with Gasteiger partial charge in [0.2, 0.25) is 0 Å². The molecule has 6 heteroatoms. The van der Waals surface area contributed by atoms with Gasteiger partial charge in [-0.1, -0.05) is 12.1 Å². The predicted octanol–water partition coefficient (Wildman–Crippen LogP) is 2.30. The van der Waals surface area contributed by atoms with Gasteiger partial charge >= 0.3 is 5.97 Å². The van der Waals surface area contributed by atoms with Gasteiger partial charge < -0.3 is 9.22 Å². The Labute approximate surface area is 118 Å². The minimum Gasteiger partial charge on any atom is -0.460 e. The average Bonchev–Trinajstić information content (AvgIpc) is 2.37. The molecule has 1 rings (SSSR count). The van der Waals surface area contributed by atoms with Crippen LogP contribution in [0.25, 0.3) is 0 Å². The van der Waals surface area contributed by atoms with Gasteiger partial charge in [0.05, 0.1) is 24.6 Å². The number of carbonyl (C=O) groups excluding carboxylic acids is 1. The Morgan fingerprint density at radius 2 is 2.00 bits per heavy atom. The molecule has 1 atom stereocenters. The molecule has 1 aromatic carbocycles. The Balaban J connectivity index is 2.90. The highest BCUT2D eigenvalue weighted by Gasteiger charge is 2.30. The number of nitro groups is 1. The fourth-order valence-corrected chi connectivity index (χ4v) is 2.00. The zero-order chi connectivity index (χ0) is 15.3. The first kappa shape index (κ1) is 16.1. The predicted molar refractivity (Wildman–Crippen MR) is 75.1 cm³/mol. The summed E-state index contributed by atoms with van der Waals surface area (Å²) in [5.41, 5.74) is 0.809. The molecule has 0 N–H and O–H groups in total. The number of hydrogen-bond donors (Lipinski definition) is 0. The SMILES string of the molecule is CC(=O)OCC[N+](C)(C)C(C)c1ccccc1[N+](=O)[O-]. The van der Waals surface area contributed by atoms with Gasteiger partial charge in [0, 0.05) is 13.0 Å². The molecule has 0 aliphatic heterocycles. The van der Waals surface area contributed by atoms with E-state index in [9.17, 15) is 14.9 Å². The van der Waals surface area contributed by atoms with E-state index >= 15 is 0 Å². The van der Waals surface area contributed by atoms with Crippen LogP contribution in [0.15, 0.2) is 24.3 Å². The van der Waals surface area contributed by atoms with Crippen LogP contribution in [-0.4, -0.2) is 42.6 Å². The maximum Gasteiger partial charge on any atom is 0.302 e. The van der Waals surface area contributed by atoms with E-state index in [2.05, 4.69) is 0 Å². The van der Waals surface area contributed by atoms with E-state index in [1.807, 2.05) is 21.0 Å². The number of ether oxygens (including phenoxy) is 1. The average molecular weight is 281 g/mol. The molecule has 0 aliphatic rings. The van der Waals surface area contributed by atoms with Crippen molar-refractivity contribution in [1.82, 2.24) is 0 Å². The Morgan fingerprint density at radius 1 is 1.40 bits per heavy atom. The van der Waals surface area contributed by atoms with Gasteiger partial charge in [-0.15, -0.1) is 0 Å². The van der Waals surface area contributed by atoms with Crippen molar-refractivity contribution in [1.29, 1.82) is 0 Å². The van der Waals surface area contributed by atoms with Crippen LogP contribution >= 0.6 is 0 Å². The second-order valence-electron chi connectivity index (χ2n) is 5.33. The summed E-state index contributed by atoms with van der Waals surface area (Å²) in [5.74, 6) is -0.316. The van der Waals surface area contributed by atoms with Crippen LogP contribution in [0, 0.1) is 10.1 Å². The minimum atomic E-state index is -0.363. The molecular weight excluding hydrogens is 260 g/mol. The van der Waals surface area contributed by atoms with Crippen molar-refractivity contribution >= 4 is 11.7 Å². The first-order valence-electron chi connectivity index (χ1n) is 6.45. The lowest BCUT2D eigenvalue weighted by molar-refractivity contribution is -0.919. The van der Waals surface area contributed by atoms with Crippen LogP contribution < -0.4 is 0 Å². The van der Waals surface area contributed by atoms with Gasteiger partial charge in [-0.2, -0.15) is 0 Å². The molecule has 0 radical (unpaired) electrons. The molecule has 110 valence electrons. The topological polar surface area (TPSA) is 69.4 Å². The van der Waals surface area contributed by atoms with E-state index in [1.165, 1.54) is 13.0 Å². The molecule has 0 aromatic heterocycles. The third kappa shape index (κ3) is 4.03. The van der Waals surface area contributed by atoms with Gasteiger partial charge in [0.1, 0.15) is 19.2 Å². The number of carbonyl (C=O) groups is 1. The summed E-state index contributed by atoms with van der Waals surface area (Å²) in [7, 11) is 3.93. The highest BCUT2D eigenvalue weighted by atomic mass is 16.6. The van der Waals surface area contributed by atoms with Crippen LogP contribution in [0.1, 0.15) is 25.5 Å². The van der Waals surface area contributed by atoms with E-state index in [4.69, 9.17) is 4.74 Å². The van der Waals surface area contributed by atoms with E-state index < -0.39 is 0 Å². The number of benzene rings is 1. The van der Waals surface area contributed by atoms with Crippen LogP contribution in [0.2, 0.25) is 0 Å². The largest absolute Gasteiger partial charge is 0.460 e. The molecule has 0 spiro atoms. The molecule has 20 heavy (non-hydrogen) atoms. The molecule has 1 unspecified atom stereocenters. The van der Waals surface area contributed by atoms with Gasteiger partial charge in [0.25, 0.3) is 5.69 Å². The number of hydrogen-bond acceptors (Lipinski definition) is 4. The van der Waals surface area contributed by atoms with E-state index in [0.717, 1.165) is 0 Å². The zero-order valence-electron chi connectivity index (χ0n) is 12.3. The quantitative estimate of drug-likeness (QED) is 0.347. The summed E-state index contributed by atoms with van der Waals surface area (Å²) in [5, 5.41) is 11.1. The molecule has 0 fully saturated rings. The van der Waals surface area contributed by atoms with Crippen molar-refractivity contribution < 1.29 is 18.9 Å². The van der Waals surface area contributed by atoms with Crippen LogP contribution in [0.5, 0.6) is 0 Å². The van der Waals surface area contributed by atoms with E-state index in [-0.39, 0.29) is 22.6 Å². The molecule has 0 saturated carbocycles. The fraction of sp³-hybridized carbons (Fsp3) is 0.500. The molecular formula is C14H21N2O4+. The Morgan fingerprint density at radius 3 is 2.55 bits per heavy atom. The number of para-hydroxylation sites is 1. The lowest BCUT2D eigenvalue weighted by Crippen LogP contribution is -2.44. The number of likely N-dealkylation sites (N-methyl/N-ethyl adjacent to an activating group) is 1. The third-order valence-corrected chi connectivity index (χ3v) is 3.60. The van der Waals surface area contributed by atoms with Crippen molar-refractivity contribution in [3.63, 3.8) is 0 Å². The van der Waals surface area contributed by atoms with Crippen LogP contribution in [0.3, 0.4) is 0 Å². The first-order valence-corrected chi connectivity index (χ1v) is 6.45. The van der Waals surface area contributed by atoms with Gasteiger partial charge in [-0.05, 0) is 13.0 Å². The second-order valence-corrected chi connectivity index (χ2v) is 5.33. The number of quaternary nitrogens is 1. The monoisotopic (exact) mass is 281 g/mol. The van der Waals surface area contributed by atoms with Gasteiger partial charge in [-0.3, -0.25) is 14.9 Å². The summed E-state index contributed by atoms with van der Waals surface area (Å²) in [4.78, 5) is 21.5. The summed E-state index contributed by atoms with van der Waals surface area (Å²) >= 11 is 0. The van der Waals surface area contributed by atoms with Crippen molar-refractivity contribution in [2.75, 3.05) is 27.2 Å². The molecule has 0 bridgehead atoms. The second kappa shape index (κ2) is 6.47. The Kier molecular flexibility index (Phi) is 5.21. The van der Waals surface area contributed by atoms with Crippen LogP contribution in [-0.2, 0) is 9.53 Å². The molecule has 0 amide bonds. The molecule has 0 saturated heterocycles. The summed E-state index contributed by atoms with van der Waals surface area (Å²) in [6.45, 7) is 4.20. The number of nitrogens with zero attached hydrogens (tertiary/aromatic N) is 2. The Bertz CT molecular complexity index is 500. The van der Waals surface area contributed by atoms with Crippen molar-refractivity contribution in [3.8, 4) is 0 Å². The number of rotatable bonds is 6. The smallest absolute Gasteiger partial charge is 0.302 e. The minimum absolute atomic E-state index is 0.0767. The lowest BCUT2D eigenvalue weighted by Gasteiger charge is -2.35. The van der Waals surface area contributed by atoms with Crippen LogP contribution in [0.4, 0.5) is 5.69 Å². The van der Waals surface area contributed by atoms with Crippen molar-refractivity contribution in [2.45, 2.75) is 19.9 Å². The van der Waals surface area contributed by atoms with Gasteiger partial charge in [-0.25, -0.2) is 0 Å². The standard InChI is InChI=1S/C14H21N2O4/c1-11(16(3,4)9-10-20-12(2)17)13-7-5-6-8-14(13)15(18)19/h5-8,11H,9-10H2,1-4H3/q+1. The highest BCUT2D eigenvalue weighted by Crippen LogP contribution is 2.31. The molecule has 0 heterocycles. The lowest BCUT2D eigenvalue weighted by atomic mass is 10.0. The maximum absolute atomic E-state index is 11.1. The van der Waals surface area contributed by atoms with Crippen molar-refractivity contribution in [3.05, 3.63) is 39.9 Å².